The van der Waals surface area contributed by atoms with E-state index in [1.165, 1.54) is 44.5 Å². The molecule has 1 aliphatic heterocycles. The van der Waals surface area contributed by atoms with Crippen molar-refractivity contribution in [3.05, 3.63) is 131 Å². The van der Waals surface area contributed by atoms with Crippen molar-refractivity contribution in [2.75, 3.05) is 0 Å². The van der Waals surface area contributed by atoms with E-state index in [0.717, 1.165) is 22.2 Å². The summed E-state index contributed by atoms with van der Waals surface area (Å²) in [7, 11) is 0. The Morgan fingerprint density at radius 2 is 1.32 bits per heavy atom. The maximum Gasteiger partial charge on any atom is 0.107 e. The van der Waals surface area contributed by atoms with Crippen LogP contribution >= 0.6 is 0 Å². The normalized spacial score (nSPS) is 15.1. The molecule has 34 heavy (non-hydrogen) atoms. The molecule has 0 bridgehead atoms. The molecule has 5 aromatic rings. The van der Waals surface area contributed by atoms with E-state index in [0.29, 0.717) is 0 Å². The molecule has 0 unspecified atom stereocenters. The van der Waals surface area contributed by atoms with Gasteiger partial charge < -0.3 is 0 Å². The molecule has 0 saturated carbocycles. The Balaban J connectivity index is 1.69. The molecule has 0 atom stereocenters. The maximum absolute atomic E-state index is 4.86. The molecular weight excluding hydrogens is 412 g/mol. The second-order valence-electron chi connectivity index (χ2n) is 9.07. The number of allylic oxidation sites excluding steroid dienone is 2. The van der Waals surface area contributed by atoms with E-state index in [-0.39, 0.29) is 0 Å². The Morgan fingerprint density at radius 3 is 2.06 bits per heavy atom. The van der Waals surface area contributed by atoms with Gasteiger partial charge in [-0.2, -0.15) is 0 Å². The second kappa shape index (κ2) is 6.29. The molecule has 4 aromatic carbocycles. The number of aromatic nitrogens is 1. The van der Waals surface area contributed by atoms with Crippen LogP contribution in [0.15, 0.2) is 108 Å². The predicted molar refractivity (Wildman–Crippen MR) is 139 cm³/mol. The third-order valence-corrected chi connectivity index (χ3v) is 7.61. The van der Waals surface area contributed by atoms with Crippen molar-refractivity contribution >= 4 is 28.5 Å². The van der Waals surface area contributed by atoms with Gasteiger partial charge in [-0.05, 0) is 62.5 Å². The molecule has 2 aliphatic carbocycles. The van der Waals surface area contributed by atoms with Crippen LogP contribution in [0.25, 0.3) is 39.2 Å². The van der Waals surface area contributed by atoms with Crippen LogP contribution in [0.4, 0.5) is 5.69 Å². The fourth-order valence-corrected chi connectivity index (χ4v) is 6.50. The first-order valence-corrected chi connectivity index (χ1v) is 11.6. The molecule has 156 valence electrons. The summed E-state index contributed by atoms with van der Waals surface area (Å²) < 4.78 is 0. The lowest BCUT2D eigenvalue weighted by atomic mass is 9.69. The zero-order valence-electron chi connectivity index (χ0n) is 18.3. The number of rotatable bonds is 0. The standard InChI is InChI=1S/C32H18N2/c1-4-15-25-20(10-1)21-11-2-5-16-26(21)32(25)27-17-6-3-12-22(27)28-23-13-7-8-18-33-30(23)31-24(29(28)32)14-9-19-34-31/h1-17,19H. The van der Waals surface area contributed by atoms with Crippen molar-refractivity contribution in [1.29, 1.82) is 0 Å². The highest BCUT2D eigenvalue weighted by Gasteiger charge is 2.53. The summed E-state index contributed by atoms with van der Waals surface area (Å²) in [6, 6.07) is 31.0. The lowest BCUT2D eigenvalue weighted by molar-refractivity contribution is 0.801. The molecule has 2 heterocycles. The van der Waals surface area contributed by atoms with Gasteiger partial charge in [0.1, 0.15) is 5.69 Å². The number of benzene rings is 4. The third-order valence-electron chi connectivity index (χ3n) is 7.61. The molecule has 1 spiro atoms. The van der Waals surface area contributed by atoms with Crippen LogP contribution in [0.2, 0.25) is 0 Å². The average molecular weight is 431 g/mol. The molecule has 0 radical (unpaired) electrons. The Bertz CT molecular complexity index is 1750. The van der Waals surface area contributed by atoms with Crippen LogP contribution in [0, 0.1) is 0 Å². The van der Waals surface area contributed by atoms with Gasteiger partial charge in [-0.1, -0.05) is 91.0 Å². The quantitative estimate of drug-likeness (QED) is 0.245. The maximum atomic E-state index is 4.86. The van der Waals surface area contributed by atoms with Crippen molar-refractivity contribution in [3.63, 3.8) is 0 Å². The van der Waals surface area contributed by atoms with E-state index in [1.54, 1.807) is 0 Å². The predicted octanol–water partition coefficient (Wildman–Crippen LogP) is 7.46. The summed E-state index contributed by atoms with van der Waals surface area (Å²) in [5.41, 5.74) is 13.0. The molecule has 2 heteroatoms. The number of nitrogens with zero attached hydrogens (tertiary/aromatic N) is 2. The topological polar surface area (TPSA) is 25.2 Å². The van der Waals surface area contributed by atoms with Crippen LogP contribution in [-0.4, -0.2) is 10.9 Å². The van der Waals surface area contributed by atoms with Crippen molar-refractivity contribution in [3.8, 4) is 22.3 Å². The molecule has 0 fully saturated rings. The lowest BCUT2D eigenvalue weighted by Crippen LogP contribution is -2.26. The smallest absolute Gasteiger partial charge is 0.107 e. The van der Waals surface area contributed by atoms with Crippen LogP contribution in [-0.2, 0) is 5.41 Å². The molecular formula is C32H18N2. The summed E-state index contributed by atoms with van der Waals surface area (Å²) >= 11 is 0. The monoisotopic (exact) mass is 430 g/mol. The van der Waals surface area contributed by atoms with Crippen molar-refractivity contribution in [2.24, 2.45) is 4.99 Å². The number of fused-ring (bicyclic) bond motifs is 15. The van der Waals surface area contributed by atoms with Gasteiger partial charge in [0.25, 0.3) is 0 Å². The van der Waals surface area contributed by atoms with Gasteiger partial charge >= 0.3 is 0 Å². The Morgan fingerprint density at radius 1 is 0.676 bits per heavy atom. The van der Waals surface area contributed by atoms with Gasteiger partial charge in [-0.25, -0.2) is 4.99 Å². The minimum Gasteiger partial charge on any atom is -0.254 e. The van der Waals surface area contributed by atoms with Crippen LogP contribution in [0.1, 0.15) is 27.8 Å². The van der Waals surface area contributed by atoms with Crippen LogP contribution < -0.4 is 0 Å². The fourth-order valence-electron chi connectivity index (χ4n) is 6.50. The first kappa shape index (κ1) is 18.0. The summed E-state index contributed by atoms with van der Waals surface area (Å²) in [6.45, 7) is 0. The fraction of sp³-hybridized carbons (Fsp3) is 0.0312. The van der Waals surface area contributed by atoms with Gasteiger partial charge in [-0.15, -0.1) is 0 Å². The average Bonchev–Trinajstić information content (AvgIpc) is 3.23. The zero-order valence-corrected chi connectivity index (χ0v) is 18.3. The molecule has 0 amide bonds. The zero-order chi connectivity index (χ0) is 22.3. The summed E-state index contributed by atoms with van der Waals surface area (Å²) in [5.74, 6) is 3.08. The molecule has 2 nitrogen and oxygen atoms in total. The molecule has 3 aliphatic rings. The highest BCUT2D eigenvalue weighted by molar-refractivity contribution is 6.11. The molecule has 0 saturated heterocycles. The summed E-state index contributed by atoms with van der Waals surface area (Å²) in [4.78, 5) is 9.60. The highest BCUT2D eigenvalue weighted by Crippen LogP contribution is 2.65. The Hall–Kier alpha value is -4.52. The SMILES string of the molecule is C1=CC=Cc2c3c(c4cccnc4c2N=1)C1(c2ccccc2-c2ccccc21)c1ccccc1-3. The van der Waals surface area contributed by atoms with E-state index >= 15 is 0 Å². The van der Waals surface area contributed by atoms with Gasteiger partial charge in [0, 0.05) is 17.1 Å². The van der Waals surface area contributed by atoms with E-state index < -0.39 is 5.41 Å². The Labute approximate surface area is 197 Å². The third kappa shape index (κ3) is 1.95. The first-order valence-electron chi connectivity index (χ1n) is 11.6. The van der Waals surface area contributed by atoms with E-state index in [9.17, 15) is 0 Å². The summed E-state index contributed by atoms with van der Waals surface area (Å²) in [6.07, 6.45) is 7.95. The lowest BCUT2D eigenvalue weighted by Gasteiger charge is -2.31. The van der Waals surface area contributed by atoms with Gasteiger partial charge in [-0.3, -0.25) is 4.98 Å². The minimum absolute atomic E-state index is 0.396. The Kier molecular flexibility index (Phi) is 3.32. The molecule has 8 rings (SSSR count). The largest absolute Gasteiger partial charge is 0.254 e. The number of pyridine rings is 1. The number of hydrogen-bond acceptors (Lipinski definition) is 2. The summed E-state index contributed by atoms with van der Waals surface area (Å²) in [5, 5.41) is 1.15. The van der Waals surface area contributed by atoms with Gasteiger partial charge in [0.2, 0.25) is 0 Å². The van der Waals surface area contributed by atoms with E-state index in [1.807, 2.05) is 24.4 Å². The second-order valence-corrected chi connectivity index (χ2v) is 9.07. The van der Waals surface area contributed by atoms with E-state index in [4.69, 9.17) is 9.98 Å². The van der Waals surface area contributed by atoms with Crippen molar-refractivity contribution in [2.45, 2.75) is 5.41 Å². The van der Waals surface area contributed by atoms with Crippen molar-refractivity contribution < 1.29 is 0 Å². The molecule has 0 N–H and O–H groups in total. The van der Waals surface area contributed by atoms with Crippen molar-refractivity contribution in [1.82, 2.24) is 4.98 Å². The van der Waals surface area contributed by atoms with Gasteiger partial charge in [0.05, 0.1) is 10.9 Å². The van der Waals surface area contributed by atoms with Gasteiger partial charge in [0.15, 0.2) is 0 Å². The minimum atomic E-state index is -0.396. The highest BCUT2D eigenvalue weighted by atomic mass is 14.8. The first-order chi connectivity index (χ1) is 16.9. The van der Waals surface area contributed by atoms with Crippen LogP contribution in [0.3, 0.4) is 0 Å². The number of hydrogen-bond donors (Lipinski definition) is 0. The van der Waals surface area contributed by atoms with Crippen LogP contribution in [0.5, 0.6) is 0 Å². The number of aliphatic imine (C=N–C) groups is 1. The van der Waals surface area contributed by atoms with E-state index in [2.05, 4.69) is 90.8 Å². The molecule has 1 aromatic heterocycles.